The van der Waals surface area contributed by atoms with Crippen molar-refractivity contribution in [1.29, 1.82) is 0 Å². The number of anilines is 1. The number of nitrogens with one attached hydrogen (secondary N) is 1. The Morgan fingerprint density at radius 1 is 0.889 bits per heavy atom. The molecule has 0 saturated carbocycles. The predicted octanol–water partition coefficient (Wildman–Crippen LogP) is 5.25. The Bertz CT molecular complexity index is 1730. The first kappa shape index (κ1) is 33.4. The van der Waals surface area contributed by atoms with Crippen LogP contribution in [0.5, 0.6) is 11.5 Å². The third-order valence-corrected chi connectivity index (χ3v) is 9.50. The number of rotatable bonds is 13. The summed E-state index contributed by atoms with van der Waals surface area (Å²) in [6.07, 6.45) is 0.184. The molecule has 0 spiro atoms. The number of carbonyl (C=O) groups is 2. The predicted molar refractivity (Wildman–Crippen MR) is 175 cm³/mol. The minimum absolute atomic E-state index is 0.0180. The summed E-state index contributed by atoms with van der Waals surface area (Å²) in [4.78, 5) is 29.3. The summed E-state index contributed by atoms with van der Waals surface area (Å²) in [5.41, 5.74) is 2.39. The molecule has 0 unspecified atom stereocenters. The molecule has 9 nitrogen and oxygen atoms in total. The van der Waals surface area contributed by atoms with Crippen molar-refractivity contribution < 1.29 is 27.5 Å². The van der Waals surface area contributed by atoms with Crippen molar-refractivity contribution in [1.82, 2.24) is 10.2 Å². The first-order valence-corrected chi connectivity index (χ1v) is 16.0. The molecule has 0 bridgehead atoms. The van der Waals surface area contributed by atoms with Gasteiger partial charge >= 0.3 is 0 Å². The van der Waals surface area contributed by atoms with Crippen molar-refractivity contribution in [2.75, 3.05) is 32.1 Å². The lowest BCUT2D eigenvalue weighted by Crippen LogP contribution is -2.53. The summed E-state index contributed by atoms with van der Waals surface area (Å²) in [6.45, 7) is 1.16. The van der Waals surface area contributed by atoms with Crippen molar-refractivity contribution in [3.63, 3.8) is 0 Å². The van der Waals surface area contributed by atoms with Gasteiger partial charge in [-0.3, -0.25) is 13.9 Å². The molecule has 0 aromatic heterocycles. The summed E-state index contributed by atoms with van der Waals surface area (Å²) in [5.74, 6) is -0.460. The van der Waals surface area contributed by atoms with Gasteiger partial charge in [0.25, 0.3) is 10.0 Å². The number of aryl methyl sites for hydroxylation is 1. The van der Waals surface area contributed by atoms with Gasteiger partial charge in [-0.1, -0.05) is 77.8 Å². The largest absolute Gasteiger partial charge is 0.497 e. The SMILES string of the molecule is CNC(=O)[C@@H](Cc1ccccc1)N(Cc1ccccc1Cl)C(=O)CN(c1cc(OC)ccc1OC)S(=O)(=O)c1ccc(C)cc1. The number of sulfonamides is 1. The van der Waals surface area contributed by atoms with Crippen molar-refractivity contribution in [3.05, 3.63) is 119 Å². The van der Waals surface area contributed by atoms with Gasteiger partial charge in [0.15, 0.2) is 0 Å². The standard InChI is InChI=1S/C34H36ClN3O6S/c1-24-14-17-28(18-15-24)45(41,42)38(30-21-27(43-3)16-19-32(30)44-4)23-33(39)37(22-26-12-8-9-13-29(26)35)31(34(40)36-2)20-25-10-6-5-7-11-25/h5-19,21,31H,20,22-23H2,1-4H3,(H,36,40)/t31-/m1/s1. The van der Waals surface area contributed by atoms with Crippen LogP contribution in [0.15, 0.2) is 102 Å². The number of halogens is 1. The second kappa shape index (κ2) is 15.0. The fourth-order valence-electron chi connectivity index (χ4n) is 4.87. The van der Waals surface area contributed by atoms with Crippen LogP contribution in [0.2, 0.25) is 5.02 Å². The van der Waals surface area contributed by atoms with Crippen LogP contribution in [-0.4, -0.2) is 59.0 Å². The maximum absolute atomic E-state index is 14.5. The Labute approximate surface area is 269 Å². The highest BCUT2D eigenvalue weighted by Crippen LogP contribution is 2.36. The molecule has 4 aromatic carbocycles. The first-order chi connectivity index (χ1) is 21.6. The van der Waals surface area contributed by atoms with Crippen molar-refractivity contribution in [2.45, 2.75) is 30.8 Å². The average molecular weight is 650 g/mol. The monoisotopic (exact) mass is 649 g/mol. The molecule has 45 heavy (non-hydrogen) atoms. The summed E-state index contributed by atoms with van der Waals surface area (Å²) < 4.78 is 40.5. The minimum Gasteiger partial charge on any atom is -0.497 e. The zero-order valence-electron chi connectivity index (χ0n) is 25.6. The van der Waals surface area contributed by atoms with E-state index in [1.54, 1.807) is 48.5 Å². The van der Waals surface area contributed by atoms with Gasteiger partial charge in [0, 0.05) is 31.1 Å². The van der Waals surface area contributed by atoms with Crippen molar-refractivity contribution >= 4 is 39.1 Å². The zero-order chi connectivity index (χ0) is 32.6. The van der Waals surface area contributed by atoms with Crippen molar-refractivity contribution in [2.24, 2.45) is 0 Å². The van der Waals surface area contributed by atoms with Gasteiger partial charge in [-0.15, -0.1) is 0 Å². The highest BCUT2D eigenvalue weighted by Gasteiger charge is 2.35. The number of amides is 2. The number of methoxy groups -OCH3 is 2. The molecular weight excluding hydrogens is 614 g/mol. The van der Waals surface area contributed by atoms with E-state index in [1.807, 2.05) is 37.3 Å². The molecule has 0 saturated heterocycles. The Balaban J connectivity index is 1.86. The van der Waals surface area contributed by atoms with Gasteiger partial charge < -0.3 is 19.7 Å². The normalized spacial score (nSPS) is 11.8. The van der Waals surface area contributed by atoms with E-state index in [0.717, 1.165) is 15.4 Å². The molecule has 1 N–H and O–H groups in total. The molecule has 236 valence electrons. The number of hydrogen-bond donors (Lipinski definition) is 1. The van der Waals surface area contributed by atoms with Gasteiger partial charge in [0.1, 0.15) is 24.1 Å². The Morgan fingerprint density at radius 3 is 2.18 bits per heavy atom. The van der Waals surface area contributed by atoms with E-state index >= 15 is 0 Å². The van der Waals surface area contributed by atoms with E-state index in [0.29, 0.717) is 16.3 Å². The van der Waals surface area contributed by atoms with Crippen LogP contribution < -0.4 is 19.1 Å². The second-order valence-corrected chi connectivity index (χ2v) is 12.6. The van der Waals surface area contributed by atoms with E-state index < -0.39 is 34.4 Å². The van der Waals surface area contributed by atoms with Gasteiger partial charge in [-0.05, 0) is 48.4 Å². The third kappa shape index (κ3) is 7.95. The van der Waals surface area contributed by atoms with Crippen molar-refractivity contribution in [3.8, 4) is 11.5 Å². The van der Waals surface area contributed by atoms with E-state index in [9.17, 15) is 18.0 Å². The summed E-state index contributed by atoms with van der Waals surface area (Å²) in [7, 11) is 0.0375. The smallest absolute Gasteiger partial charge is 0.264 e. The highest BCUT2D eigenvalue weighted by atomic mass is 35.5. The fraction of sp³-hybridized carbons (Fsp3) is 0.235. The number of carbonyl (C=O) groups excluding carboxylic acids is 2. The van der Waals surface area contributed by atoms with E-state index in [1.165, 1.54) is 44.4 Å². The van der Waals surface area contributed by atoms with Gasteiger partial charge in [-0.2, -0.15) is 0 Å². The van der Waals surface area contributed by atoms with Gasteiger partial charge in [0.2, 0.25) is 11.8 Å². The molecule has 4 rings (SSSR count). The Kier molecular flexibility index (Phi) is 11.1. The molecular formula is C34H36ClN3O6S. The van der Waals surface area contributed by atoms with Crippen LogP contribution in [0.4, 0.5) is 5.69 Å². The van der Waals surface area contributed by atoms with Crippen LogP contribution in [0.1, 0.15) is 16.7 Å². The first-order valence-electron chi connectivity index (χ1n) is 14.2. The maximum Gasteiger partial charge on any atom is 0.264 e. The lowest BCUT2D eigenvalue weighted by Gasteiger charge is -2.34. The molecule has 0 heterocycles. The molecule has 1 atom stereocenters. The molecule has 2 amide bonds. The number of nitrogens with zero attached hydrogens (tertiary/aromatic N) is 2. The van der Waals surface area contributed by atoms with E-state index in [4.69, 9.17) is 21.1 Å². The molecule has 0 aliphatic rings. The molecule has 0 fully saturated rings. The quantitative estimate of drug-likeness (QED) is 0.212. The highest BCUT2D eigenvalue weighted by molar-refractivity contribution is 7.92. The topological polar surface area (TPSA) is 105 Å². The molecule has 0 aliphatic carbocycles. The van der Waals surface area contributed by atoms with E-state index in [-0.39, 0.29) is 29.3 Å². The fourth-order valence-corrected chi connectivity index (χ4v) is 6.49. The Hall–Kier alpha value is -4.54. The lowest BCUT2D eigenvalue weighted by atomic mass is 10.0. The maximum atomic E-state index is 14.5. The molecule has 11 heteroatoms. The summed E-state index contributed by atoms with van der Waals surface area (Å²) in [5, 5.41) is 3.07. The average Bonchev–Trinajstić information content (AvgIpc) is 3.05. The lowest BCUT2D eigenvalue weighted by molar-refractivity contribution is -0.139. The number of hydrogen-bond acceptors (Lipinski definition) is 6. The number of likely N-dealkylation sites (N-methyl/N-ethyl adjacent to an activating group) is 1. The summed E-state index contributed by atoms with van der Waals surface area (Å²) in [6, 6.07) is 26.3. The van der Waals surface area contributed by atoms with Gasteiger partial charge in [0.05, 0.1) is 24.8 Å². The number of benzene rings is 4. The van der Waals surface area contributed by atoms with Crippen LogP contribution in [0.3, 0.4) is 0 Å². The zero-order valence-corrected chi connectivity index (χ0v) is 27.1. The van der Waals surface area contributed by atoms with E-state index in [2.05, 4.69) is 5.32 Å². The Morgan fingerprint density at radius 2 is 1.56 bits per heavy atom. The number of ether oxygens (including phenoxy) is 2. The second-order valence-electron chi connectivity index (χ2n) is 10.3. The summed E-state index contributed by atoms with van der Waals surface area (Å²) >= 11 is 6.52. The molecule has 4 aromatic rings. The van der Waals surface area contributed by atoms with Crippen LogP contribution in [0.25, 0.3) is 0 Å². The molecule has 0 aliphatic heterocycles. The van der Waals surface area contributed by atoms with Crippen LogP contribution in [0, 0.1) is 6.92 Å². The van der Waals surface area contributed by atoms with Crippen LogP contribution >= 0.6 is 11.6 Å². The van der Waals surface area contributed by atoms with Crippen LogP contribution in [-0.2, 0) is 32.6 Å². The molecule has 0 radical (unpaired) electrons. The minimum atomic E-state index is -4.32. The third-order valence-electron chi connectivity index (χ3n) is 7.36. The van der Waals surface area contributed by atoms with Gasteiger partial charge in [-0.25, -0.2) is 8.42 Å².